The molecule has 2 aliphatic rings. The van der Waals surface area contributed by atoms with Crippen molar-refractivity contribution in [2.45, 2.75) is 22.7 Å². The molecule has 3 atom stereocenters. The summed E-state index contributed by atoms with van der Waals surface area (Å²) in [7, 11) is 0. The van der Waals surface area contributed by atoms with Crippen LogP contribution in [0.25, 0.3) is 0 Å². The number of carbonyl (C=O) groups excluding carboxylic acids is 3. The number of hydrogen-bond donors (Lipinski definition) is 1. The Morgan fingerprint density at radius 1 is 0.905 bits per heavy atom. The highest BCUT2D eigenvalue weighted by molar-refractivity contribution is 8.00. The number of hydrogen-bond acceptors (Lipinski definition) is 8. The van der Waals surface area contributed by atoms with E-state index >= 15 is 0 Å². The van der Waals surface area contributed by atoms with Gasteiger partial charge in [0.25, 0.3) is 5.69 Å². The minimum absolute atomic E-state index is 0.174. The topological polar surface area (TPSA) is 132 Å². The standard InChI is InChI=1S/C28H18Cl2N4O6S2/c29-15-3-1-14(2-4-15)21-22-23(26(37)33(25(22)36)18-9-11-19(12-10-18)34(39)40)41-27-24(21)42-28(38)32(27)13-20(35)31-17-7-5-16(30)6-8-17/h1-12,21-23H,13H2,(H,31,35). The van der Waals surface area contributed by atoms with Crippen LogP contribution in [0.2, 0.25) is 10.0 Å². The molecule has 10 nitrogen and oxygen atoms in total. The summed E-state index contributed by atoms with van der Waals surface area (Å²) < 4.78 is 1.32. The number of benzene rings is 3. The average Bonchev–Trinajstić information content (AvgIpc) is 3.41. The second kappa shape index (κ2) is 11.0. The van der Waals surface area contributed by atoms with E-state index in [1.54, 1.807) is 48.5 Å². The van der Waals surface area contributed by atoms with Gasteiger partial charge in [-0.3, -0.25) is 33.9 Å². The van der Waals surface area contributed by atoms with Gasteiger partial charge < -0.3 is 5.32 Å². The van der Waals surface area contributed by atoms with Crippen molar-refractivity contribution in [2.75, 3.05) is 10.2 Å². The van der Waals surface area contributed by atoms with Gasteiger partial charge in [-0.1, -0.05) is 58.4 Å². The Bertz CT molecular complexity index is 1810. The lowest BCUT2D eigenvalue weighted by Crippen LogP contribution is -2.33. The Labute approximate surface area is 256 Å². The first kappa shape index (κ1) is 28.2. The van der Waals surface area contributed by atoms with E-state index in [1.165, 1.54) is 28.8 Å². The van der Waals surface area contributed by atoms with Crippen LogP contribution >= 0.6 is 46.3 Å². The molecule has 212 valence electrons. The summed E-state index contributed by atoms with van der Waals surface area (Å²) in [6.07, 6.45) is 0. The lowest BCUT2D eigenvalue weighted by Gasteiger charge is -2.30. The van der Waals surface area contributed by atoms with Crippen molar-refractivity contribution in [2.24, 2.45) is 5.92 Å². The second-order valence-electron chi connectivity index (χ2n) is 9.56. The zero-order chi connectivity index (χ0) is 29.7. The predicted octanol–water partition coefficient (Wildman–Crippen LogP) is 5.56. The van der Waals surface area contributed by atoms with Crippen LogP contribution in [-0.2, 0) is 20.9 Å². The zero-order valence-electron chi connectivity index (χ0n) is 21.2. The maximum absolute atomic E-state index is 13.9. The Kier molecular flexibility index (Phi) is 7.39. The molecular formula is C28H18Cl2N4O6S2. The van der Waals surface area contributed by atoms with Gasteiger partial charge in [0.05, 0.1) is 21.6 Å². The number of aromatic nitrogens is 1. The van der Waals surface area contributed by atoms with Crippen LogP contribution in [-0.4, -0.2) is 32.5 Å². The monoisotopic (exact) mass is 640 g/mol. The van der Waals surface area contributed by atoms with Crippen molar-refractivity contribution >= 4 is 81.1 Å². The molecule has 3 unspecified atom stereocenters. The summed E-state index contributed by atoms with van der Waals surface area (Å²) in [4.78, 5) is 65.6. The highest BCUT2D eigenvalue weighted by Crippen LogP contribution is 2.54. The third-order valence-electron chi connectivity index (χ3n) is 7.03. The summed E-state index contributed by atoms with van der Waals surface area (Å²) >= 11 is 14.1. The van der Waals surface area contributed by atoms with Gasteiger partial charge in [0.2, 0.25) is 17.7 Å². The molecule has 0 bridgehead atoms. The van der Waals surface area contributed by atoms with E-state index in [-0.39, 0.29) is 17.9 Å². The quantitative estimate of drug-likeness (QED) is 0.166. The highest BCUT2D eigenvalue weighted by atomic mass is 35.5. The molecule has 3 amide bonds. The largest absolute Gasteiger partial charge is 0.325 e. The van der Waals surface area contributed by atoms with Crippen LogP contribution in [0.15, 0.2) is 82.6 Å². The lowest BCUT2D eigenvalue weighted by molar-refractivity contribution is -0.384. The fourth-order valence-electron chi connectivity index (χ4n) is 5.14. The first-order valence-electron chi connectivity index (χ1n) is 12.5. The molecule has 2 aliphatic heterocycles. The van der Waals surface area contributed by atoms with E-state index < -0.39 is 44.6 Å². The molecular weight excluding hydrogens is 623 g/mol. The summed E-state index contributed by atoms with van der Waals surface area (Å²) in [5.41, 5.74) is 1.22. The molecule has 1 fully saturated rings. The van der Waals surface area contributed by atoms with Crippen LogP contribution in [0.4, 0.5) is 17.1 Å². The number of non-ortho nitro benzene ring substituents is 1. The molecule has 42 heavy (non-hydrogen) atoms. The Balaban J connectivity index is 1.39. The smallest absolute Gasteiger partial charge is 0.308 e. The highest BCUT2D eigenvalue weighted by Gasteiger charge is 2.56. The SMILES string of the molecule is O=C(Cn1c2c(sc1=O)C(c1ccc(Cl)cc1)C1C(=O)N(c3ccc([N+](=O)[O-])cc3)C(=O)C1S2)Nc1ccc(Cl)cc1. The number of halogens is 2. The van der Waals surface area contributed by atoms with Crippen molar-refractivity contribution in [3.05, 3.63) is 113 Å². The predicted molar refractivity (Wildman–Crippen MR) is 161 cm³/mol. The molecule has 0 spiro atoms. The number of nitrogens with zero attached hydrogens (tertiary/aromatic N) is 3. The third kappa shape index (κ3) is 5.00. The van der Waals surface area contributed by atoms with Gasteiger partial charge in [0.15, 0.2) is 0 Å². The van der Waals surface area contributed by atoms with Crippen molar-refractivity contribution in [1.82, 2.24) is 4.57 Å². The van der Waals surface area contributed by atoms with Gasteiger partial charge in [-0.15, -0.1) is 0 Å². The number of carbonyl (C=O) groups is 3. The van der Waals surface area contributed by atoms with Gasteiger partial charge >= 0.3 is 4.87 Å². The van der Waals surface area contributed by atoms with E-state index in [0.29, 0.717) is 31.2 Å². The van der Waals surface area contributed by atoms with E-state index in [1.807, 2.05) is 0 Å². The maximum atomic E-state index is 13.9. The van der Waals surface area contributed by atoms with Crippen molar-refractivity contribution < 1.29 is 19.3 Å². The van der Waals surface area contributed by atoms with Gasteiger partial charge in [-0.25, -0.2) is 4.90 Å². The summed E-state index contributed by atoms with van der Waals surface area (Å²) in [5, 5.41) is 14.4. The summed E-state index contributed by atoms with van der Waals surface area (Å²) in [6.45, 7) is -0.306. The number of fused-ring (bicyclic) bond motifs is 2. The van der Waals surface area contributed by atoms with Gasteiger partial charge in [-0.05, 0) is 54.1 Å². The molecule has 3 heterocycles. The molecule has 14 heteroatoms. The number of imide groups is 1. The van der Waals surface area contributed by atoms with E-state index in [0.717, 1.165) is 28.0 Å². The normalized spacial score (nSPS) is 19.4. The molecule has 4 aromatic rings. The fourth-order valence-corrected chi connectivity index (χ4v) is 8.16. The van der Waals surface area contributed by atoms with Crippen LogP contribution in [0.3, 0.4) is 0 Å². The van der Waals surface area contributed by atoms with E-state index in [4.69, 9.17) is 23.2 Å². The summed E-state index contributed by atoms with van der Waals surface area (Å²) in [5.74, 6) is -2.97. The molecule has 1 N–H and O–H groups in total. The van der Waals surface area contributed by atoms with Gasteiger partial charge in [-0.2, -0.15) is 0 Å². The molecule has 6 rings (SSSR count). The number of nitro benzene ring substituents is 1. The lowest BCUT2D eigenvalue weighted by atomic mass is 9.83. The Morgan fingerprint density at radius 2 is 1.52 bits per heavy atom. The molecule has 0 aliphatic carbocycles. The Hall–Kier alpha value is -3.97. The molecule has 0 radical (unpaired) electrons. The van der Waals surface area contributed by atoms with E-state index in [2.05, 4.69) is 5.32 Å². The van der Waals surface area contributed by atoms with Crippen LogP contribution in [0.1, 0.15) is 16.4 Å². The zero-order valence-corrected chi connectivity index (χ0v) is 24.4. The average molecular weight is 642 g/mol. The number of thiazole rings is 1. The maximum Gasteiger partial charge on any atom is 0.308 e. The van der Waals surface area contributed by atoms with Crippen molar-refractivity contribution in [1.29, 1.82) is 0 Å². The number of rotatable bonds is 6. The fraction of sp³-hybridized carbons (Fsp3) is 0.143. The number of nitrogens with one attached hydrogen (secondary N) is 1. The number of amides is 3. The Morgan fingerprint density at radius 3 is 2.14 bits per heavy atom. The minimum atomic E-state index is -0.902. The molecule has 3 aromatic carbocycles. The molecule has 1 aromatic heterocycles. The molecule has 1 saturated heterocycles. The van der Waals surface area contributed by atoms with Crippen LogP contribution in [0.5, 0.6) is 0 Å². The van der Waals surface area contributed by atoms with E-state index in [9.17, 15) is 29.3 Å². The second-order valence-corrected chi connectivity index (χ2v) is 12.6. The van der Waals surface area contributed by atoms with Gasteiger partial charge in [0, 0.05) is 38.7 Å². The van der Waals surface area contributed by atoms with Crippen molar-refractivity contribution in [3.63, 3.8) is 0 Å². The van der Waals surface area contributed by atoms with Crippen LogP contribution in [0, 0.1) is 16.0 Å². The molecule has 0 saturated carbocycles. The first-order chi connectivity index (χ1) is 20.1. The third-order valence-corrected chi connectivity index (χ3v) is 10.1. The summed E-state index contributed by atoms with van der Waals surface area (Å²) in [6, 6.07) is 18.5. The number of nitro groups is 1. The van der Waals surface area contributed by atoms with Crippen molar-refractivity contribution in [3.8, 4) is 0 Å². The number of thioether (sulfide) groups is 1. The van der Waals surface area contributed by atoms with Gasteiger partial charge in [0.1, 0.15) is 11.8 Å². The van der Waals surface area contributed by atoms with Crippen LogP contribution < -0.4 is 15.1 Å². The minimum Gasteiger partial charge on any atom is -0.325 e. The number of anilines is 2. The first-order valence-corrected chi connectivity index (χ1v) is 14.9.